The van der Waals surface area contributed by atoms with E-state index in [9.17, 15) is 4.79 Å². The molecule has 0 fully saturated rings. The number of pyridine rings is 1. The molecule has 6 nitrogen and oxygen atoms in total. The standard InChI is InChI=1S/C15H12ClN5O/c16-13-7-6-10(8-18-13)20-15(22)12-9-19-21(14(12)17)11-4-2-1-3-5-11/h1-9H,17H2,(H,20,22). The van der Waals surface area contributed by atoms with Crippen LogP contribution in [0.25, 0.3) is 5.69 Å². The molecule has 110 valence electrons. The molecule has 0 saturated carbocycles. The zero-order chi connectivity index (χ0) is 15.5. The number of anilines is 2. The summed E-state index contributed by atoms with van der Waals surface area (Å²) in [6, 6.07) is 12.6. The minimum Gasteiger partial charge on any atom is -0.383 e. The molecule has 1 aromatic carbocycles. The number of aromatic nitrogens is 3. The lowest BCUT2D eigenvalue weighted by atomic mass is 10.3. The van der Waals surface area contributed by atoms with Crippen molar-refractivity contribution in [2.75, 3.05) is 11.1 Å². The van der Waals surface area contributed by atoms with Crippen molar-refractivity contribution in [1.29, 1.82) is 0 Å². The average molecular weight is 314 g/mol. The number of hydrogen-bond donors (Lipinski definition) is 2. The number of rotatable bonds is 3. The number of para-hydroxylation sites is 1. The molecule has 1 amide bonds. The van der Waals surface area contributed by atoms with Crippen LogP contribution in [-0.4, -0.2) is 20.7 Å². The van der Waals surface area contributed by atoms with Gasteiger partial charge in [0.2, 0.25) is 0 Å². The zero-order valence-electron chi connectivity index (χ0n) is 11.4. The highest BCUT2D eigenvalue weighted by Crippen LogP contribution is 2.18. The first-order valence-electron chi connectivity index (χ1n) is 6.47. The molecule has 0 saturated heterocycles. The van der Waals surface area contributed by atoms with E-state index in [-0.39, 0.29) is 11.7 Å². The van der Waals surface area contributed by atoms with Crippen LogP contribution in [0.1, 0.15) is 10.4 Å². The van der Waals surface area contributed by atoms with Crippen LogP contribution >= 0.6 is 11.6 Å². The van der Waals surface area contributed by atoms with Crippen LogP contribution in [0.5, 0.6) is 0 Å². The Balaban J connectivity index is 1.85. The Morgan fingerprint density at radius 2 is 1.91 bits per heavy atom. The molecule has 0 bridgehead atoms. The summed E-state index contributed by atoms with van der Waals surface area (Å²) in [5.41, 5.74) is 7.62. The molecule has 0 radical (unpaired) electrons. The lowest BCUT2D eigenvalue weighted by Crippen LogP contribution is -2.14. The number of nitrogens with two attached hydrogens (primary N) is 1. The van der Waals surface area contributed by atoms with Crippen LogP contribution in [-0.2, 0) is 0 Å². The van der Waals surface area contributed by atoms with Crippen molar-refractivity contribution in [3.8, 4) is 5.69 Å². The first-order valence-corrected chi connectivity index (χ1v) is 6.85. The maximum Gasteiger partial charge on any atom is 0.261 e. The third-order valence-corrected chi connectivity index (χ3v) is 3.26. The van der Waals surface area contributed by atoms with Crippen molar-refractivity contribution in [1.82, 2.24) is 14.8 Å². The fraction of sp³-hybridized carbons (Fsp3) is 0. The maximum atomic E-state index is 12.3. The summed E-state index contributed by atoms with van der Waals surface area (Å²) in [4.78, 5) is 16.2. The number of carbonyl (C=O) groups is 1. The molecule has 3 rings (SSSR count). The summed E-state index contributed by atoms with van der Waals surface area (Å²) >= 11 is 5.70. The third-order valence-electron chi connectivity index (χ3n) is 3.04. The fourth-order valence-electron chi connectivity index (χ4n) is 1.96. The van der Waals surface area contributed by atoms with Crippen LogP contribution in [0.2, 0.25) is 5.15 Å². The largest absolute Gasteiger partial charge is 0.383 e. The van der Waals surface area contributed by atoms with E-state index < -0.39 is 0 Å². The minimum atomic E-state index is -0.358. The zero-order valence-corrected chi connectivity index (χ0v) is 12.2. The molecular weight excluding hydrogens is 302 g/mol. The van der Waals surface area contributed by atoms with Gasteiger partial charge in [0.25, 0.3) is 5.91 Å². The van der Waals surface area contributed by atoms with E-state index in [1.807, 2.05) is 30.3 Å². The first-order chi connectivity index (χ1) is 10.6. The first kappa shape index (κ1) is 14.1. The predicted octanol–water partition coefficient (Wildman–Crippen LogP) is 2.76. The van der Waals surface area contributed by atoms with Gasteiger partial charge in [-0.25, -0.2) is 9.67 Å². The van der Waals surface area contributed by atoms with Crippen molar-refractivity contribution >= 4 is 29.0 Å². The van der Waals surface area contributed by atoms with Gasteiger partial charge in [-0.05, 0) is 24.3 Å². The highest BCUT2D eigenvalue weighted by atomic mass is 35.5. The molecule has 3 N–H and O–H groups in total. The number of hydrogen-bond acceptors (Lipinski definition) is 4. The van der Waals surface area contributed by atoms with Crippen molar-refractivity contribution in [3.63, 3.8) is 0 Å². The monoisotopic (exact) mass is 313 g/mol. The van der Waals surface area contributed by atoms with E-state index in [1.54, 1.807) is 12.1 Å². The van der Waals surface area contributed by atoms with Gasteiger partial charge in [0.1, 0.15) is 16.5 Å². The van der Waals surface area contributed by atoms with Crippen LogP contribution in [0.4, 0.5) is 11.5 Å². The average Bonchev–Trinajstić information content (AvgIpc) is 2.92. The Morgan fingerprint density at radius 1 is 1.14 bits per heavy atom. The molecule has 0 aliphatic rings. The maximum absolute atomic E-state index is 12.3. The van der Waals surface area contributed by atoms with Gasteiger partial charge in [-0.2, -0.15) is 5.10 Å². The molecule has 0 aliphatic heterocycles. The van der Waals surface area contributed by atoms with Crippen LogP contribution in [0.3, 0.4) is 0 Å². The molecule has 0 aliphatic carbocycles. The van der Waals surface area contributed by atoms with E-state index in [2.05, 4.69) is 15.4 Å². The number of benzene rings is 1. The van der Waals surface area contributed by atoms with E-state index >= 15 is 0 Å². The van der Waals surface area contributed by atoms with E-state index in [0.717, 1.165) is 5.69 Å². The Labute approximate surface area is 131 Å². The molecule has 0 unspecified atom stereocenters. The lowest BCUT2D eigenvalue weighted by Gasteiger charge is -2.06. The molecule has 7 heteroatoms. The van der Waals surface area contributed by atoms with Gasteiger partial charge >= 0.3 is 0 Å². The summed E-state index contributed by atoms with van der Waals surface area (Å²) < 4.78 is 1.51. The fourth-order valence-corrected chi connectivity index (χ4v) is 2.07. The van der Waals surface area contributed by atoms with Gasteiger partial charge in [0.15, 0.2) is 0 Å². The summed E-state index contributed by atoms with van der Waals surface area (Å²) in [5.74, 6) is -0.0885. The van der Waals surface area contributed by atoms with E-state index in [0.29, 0.717) is 16.4 Å². The van der Waals surface area contributed by atoms with Gasteiger partial charge in [-0.15, -0.1) is 0 Å². The minimum absolute atomic E-state index is 0.269. The Morgan fingerprint density at radius 3 is 2.59 bits per heavy atom. The second-order valence-corrected chi connectivity index (χ2v) is 4.90. The lowest BCUT2D eigenvalue weighted by molar-refractivity contribution is 0.102. The third kappa shape index (κ3) is 2.77. The number of halogens is 1. The van der Waals surface area contributed by atoms with E-state index in [1.165, 1.54) is 17.1 Å². The summed E-state index contributed by atoms with van der Waals surface area (Å²) in [6.07, 6.45) is 2.90. The van der Waals surface area contributed by atoms with Gasteiger partial charge in [0, 0.05) is 0 Å². The Bertz CT molecular complexity index is 799. The second kappa shape index (κ2) is 5.87. The highest BCUT2D eigenvalue weighted by molar-refractivity contribution is 6.29. The molecule has 2 heterocycles. The van der Waals surface area contributed by atoms with E-state index in [4.69, 9.17) is 17.3 Å². The summed E-state index contributed by atoms with van der Waals surface area (Å²) in [5, 5.41) is 7.21. The quantitative estimate of drug-likeness (QED) is 0.728. The predicted molar refractivity (Wildman–Crippen MR) is 85.2 cm³/mol. The van der Waals surface area contributed by atoms with Gasteiger partial charge in [0.05, 0.1) is 23.8 Å². The number of nitrogens with zero attached hydrogens (tertiary/aromatic N) is 3. The molecule has 2 aromatic heterocycles. The second-order valence-electron chi connectivity index (χ2n) is 4.51. The Hall–Kier alpha value is -2.86. The van der Waals surface area contributed by atoms with Crippen molar-refractivity contribution in [2.45, 2.75) is 0 Å². The van der Waals surface area contributed by atoms with Gasteiger partial charge in [-0.1, -0.05) is 29.8 Å². The summed E-state index contributed by atoms with van der Waals surface area (Å²) in [6.45, 7) is 0. The smallest absolute Gasteiger partial charge is 0.261 e. The van der Waals surface area contributed by atoms with Crippen LogP contribution in [0.15, 0.2) is 54.9 Å². The van der Waals surface area contributed by atoms with Crippen molar-refractivity contribution in [3.05, 3.63) is 65.6 Å². The van der Waals surface area contributed by atoms with Gasteiger partial charge in [-0.3, -0.25) is 4.79 Å². The molecule has 0 spiro atoms. The summed E-state index contributed by atoms with van der Waals surface area (Å²) in [7, 11) is 0. The van der Waals surface area contributed by atoms with Crippen LogP contribution in [0, 0.1) is 0 Å². The molecular formula is C15H12ClN5O. The van der Waals surface area contributed by atoms with Gasteiger partial charge < -0.3 is 11.1 Å². The number of nitrogens with one attached hydrogen (secondary N) is 1. The molecule has 22 heavy (non-hydrogen) atoms. The topological polar surface area (TPSA) is 85.8 Å². The molecule has 3 aromatic rings. The highest BCUT2D eigenvalue weighted by Gasteiger charge is 2.16. The van der Waals surface area contributed by atoms with Crippen LogP contribution < -0.4 is 11.1 Å². The number of nitrogen functional groups attached to an aromatic ring is 1. The SMILES string of the molecule is Nc1c(C(=O)Nc2ccc(Cl)nc2)cnn1-c1ccccc1. The normalized spacial score (nSPS) is 10.4. The molecule has 0 atom stereocenters. The van der Waals surface area contributed by atoms with Crippen molar-refractivity contribution in [2.24, 2.45) is 0 Å². The Kier molecular flexibility index (Phi) is 3.76. The van der Waals surface area contributed by atoms with Crippen molar-refractivity contribution < 1.29 is 4.79 Å². The number of amides is 1. The number of carbonyl (C=O) groups excluding carboxylic acids is 1.